The van der Waals surface area contributed by atoms with Gasteiger partial charge in [-0.05, 0) is 92.0 Å². The van der Waals surface area contributed by atoms with Crippen molar-refractivity contribution in [2.24, 2.45) is 11.7 Å². The molecular weight excluding hydrogens is 598 g/mol. The Bertz CT molecular complexity index is 1240. The summed E-state index contributed by atoms with van der Waals surface area (Å²) in [6.45, 7) is 11.6. The van der Waals surface area contributed by atoms with Crippen LogP contribution in [0.3, 0.4) is 0 Å². The van der Waals surface area contributed by atoms with Gasteiger partial charge in [-0.2, -0.15) is 11.8 Å². The number of amides is 2. The molecule has 4 N–H and O–H groups in total. The normalized spacial score (nSPS) is 13.3. The summed E-state index contributed by atoms with van der Waals surface area (Å²) in [5, 5.41) is 6.16. The summed E-state index contributed by atoms with van der Waals surface area (Å²) in [4.78, 5) is 41.6. The van der Waals surface area contributed by atoms with Gasteiger partial charge in [-0.3, -0.25) is 9.59 Å². The van der Waals surface area contributed by atoms with E-state index in [0.29, 0.717) is 42.7 Å². The fraction of sp³-hybridized carbons (Fsp3) is 0.559. The van der Waals surface area contributed by atoms with Gasteiger partial charge >= 0.3 is 5.97 Å². The van der Waals surface area contributed by atoms with E-state index >= 15 is 0 Å². The maximum Gasteiger partial charge on any atom is 0.338 e. The number of ether oxygens (including phenoxy) is 1. The summed E-state index contributed by atoms with van der Waals surface area (Å²) in [6.07, 6.45) is 3.15. The van der Waals surface area contributed by atoms with Crippen LogP contribution in [-0.4, -0.2) is 79.1 Å². The van der Waals surface area contributed by atoms with Crippen LogP contribution < -0.4 is 16.4 Å². The van der Waals surface area contributed by atoms with Crippen LogP contribution in [0.4, 0.5) is 8.78 Å². The molecule has 0 aliphatic rings. The molecule has 0 fully saturated rings. The van der Waals surface area contributed by atoms with Crippen molar-refractivity contribution in [2.45, 2.75) is 78.5 Å². The Labute approximate surface area is 271 Å². The second kappa shape index (κ2) is 19.5. The van der Waals surface area contributed by atoms with Crippen LogP contribution in [0.1, 0.15) is 78.8 Å². The number of rotatable bonds is 19. The van der Waals surface area contributed by atoms with Crippen LogP contribution in [0.25, 0.3) is 0 Å². The highest BCUT2D eigenvalue weighted by atomic mass is 32.2. The first-order valence-corrected chi connectivity index (χ1v) is 17.1. The molecule has 11 heteroatoms. The molecule has 0 saturated heterocycles. The molecule has 0 aliphatic heterocycles. The highest BCUT2D eigenvalue weighted by Gasteiger charge is 2.27. The Morgan fingerprint density at radius 2 is 1.58 bits per heavy atom. The third kappa shape index (κ3) is 13.1. The molecule has 0 heterocycles. The molecule has 3 atom stereocenters. The molecule has 0 unspecified atom stereocenters. The number of hydrogen-bond donors (Lipinski definition) is 3. The molecule has 0 saturated carbocycles. The van der Waals surface area contributed by atoms with E-state index in [9.17, 15) is 23.2 Å². The van der Waals surface area contributed by atoms with E-state index in [1.54, 1.807) is 35.7 Å². The van der Waals surface area contributed by atoms with Crippen LogP contribution >= 0.6 is 11.8 Å². The van der Waals surface area contributed by atoms with Crippen LogP contribution in [0.2, 0.25) is 0 Å². The van der Waals surface area contributed by atoms with E-state index in [-0.39, 0.29) is 36.3 Å². The zero-order valence-electron chi connectivity index (χ0n) is 27.5. The van der Waals surface area contributed by atoms with Gasteiger partial charge in [0.15, 0.2) is 0 Å². The predicted octanol–water partition coefficient (Wildman–Crippen LogP) is 5.11. The smallest absolute Gasteiger partial charge is 0.338 e. The number of nitrogens with zero attached hydrogens (tertiary/aromatic N) is 1. The number of hydrogen-bond acceptors (Lipinski definition) is 7. The lowest BCUT2D eigenvalue weighted by molar-refractivity contribution is -0.123. The van der Waals surface area contributed by atoms with Gasteiger partial charge < -0.3 is 26.0 Å². The second-order valence-electron chi connectivity index (χ2n) is 11.9. The largest absolute Gasteiger partial charge is 0.456 e. The van der Waals surface area contributed by atoms with Crippen molar-refractivity contribution >= 4 is 29.5 Å². The van der Waals surface area contributed by atoms with E-state index in [1.165, 1.54) is 18.2 Å². The minimum atomic E-state index is -0.963. The third-order valence-corrected chi connectivity index (χ3v) is 7.79. The van der Waals surface area contributed by atoms with E-state index in [0.717, 1.165) is 24.7 Å². The number of nitrogens with one attached hydrogen (secondary N) is 2. The number of esters is 1. The lowest BCUT2D eigenvalue weighted by atomic mass is 10.0. The van der Waals surface area contributed by atoms with Crippen LogP contribution in [0.5, 0.6) is 0 Å². The molecule has 0 aromatic heterocycles. The summed E-state index contributed by atoms with van der Waals surface area (Å²) in [6, 6.07) is 6.63. The minimum absolute atomic E-state index is 0.0177. The fourth-order valence-corrected chi connectivity index (χ4v) is 5.40. The number of carbonyl (C=O) groups excluding carboxylic acids is 3. The maximum absolute atomic E-state index is 13.9. The Morgan fingerprint density at radius 1 is 0.956 bits per heavy atom. The van der Waals surface area contributed by atoms with Gasteiger partial charge in [0.1, 0.15) is 17.7 Å². The Morgan fingerprint density at radius 3 is 2.16 bits per heavy atom. The number of halogens is 2. The monoisotopic (exact) mass is 648 g/mol. The summed E-state index contributed by atoms with van der Waals surface area (Å²) in [5.41, 5.74) is 8.13. The molecule has 2 amide bonds. The average molecular weight is 649 g/mol. The van der Waals surface area contributed by atoms with E-state index in [1.807, 2.05) is 34.0 Å². The molecule has 0 aliphatic carbocycles. The van der Waals surface area contributed by atoms with Crippen molar-refractivity contribution in [3.8, 4) is 0 Å². The molecule has 0 radical (unpaired) electrons. The van der Waals surface area contributed by atoms with Crippen molar-refractivity contribution in [2.75, 3.05) is 38.2 Å². The van der Waals surface area contributed by atoms with Gasteiger partial charge in [0.05, 0.1) is 11.6 Å². The van der Waals surface area contributed by atoms with Crippen LogP contribution in [-0.2, 0) is 16.0 Å². The third-order valence-electron chi connectivity index (χ3n) is 7.14. The van der Waals surface area contributed by atoms with E-state index < -0.39 is 35.8 Å². The van der Waals surface area contributed by atoms with Gasteiger partial charge in [-0.1, -0.05) is 27.7 Å². The number of benzene rings is 2. The SMILES string of the molecule is CCCN(CCC)C(=O)c1cc(C)cc(C(=O)O[C@H](CN[C@@H](CCSC)C(=O)NCC(C)C)[C@H](N)Cc2cc(F)cc(F)c2)c1. The summed E-state index contributed by atoms with van der Waals surface area (Å²) >= 11 is 1.61. The highest BCUT2D eigenvalue weighted by molar-refractivity contribution is 7.98. The van der Waals surface area contributed by atoms with Gasteiger partial charge in [0, 0.05) is 43.9 Å². The van der Waals surface area contributed by atoms with Gasteiger partial charge in [0.2, 0.25) is 5.91 Å². The molecule has 8 nitrogen and oxygen atoms in total. The van der Waals surface area contributed by atoms with Crippen LogP contribution in [0, 0.1) is 24.5 Å². The summed E-state index contributed by atoms with van der Waals surface area (Å²) < 4.78 is 33.8. The van der Waals surface area contributed by atoms with E-state index in [4.69, 9.17) is 10.5 Å². The highest BCUT2D eigenvalue weighted by Crippen LogP contribution is 2.17. The Hall–Kier alpha value is -3.02. The Balaban J connectivity index is 2.35. The lowest BCUT2D eigenvalue weighted by Crippen LogP contribution is -2.52. The van der Waals surface area contributed by atoms with Crippen molar-refractivity contribution in [3.05, 3.63) is 70.3 Å². The second-order valence-corrected chi connectivity index (χ2v) is 12.8. The standard InChI is InChI=1S/C34H50F2N4O4S/c1-7-10-40(11-8-2)33(42)25-13-23(5)14-26(18-25)34(43)44-31(29(37)17-24-15-27(35)19-28(36)16-24)21-38-30(9-12-45-6)32(41)39-20-22(3)4/h13-16,18-19,22,29-31,38H,7-12,17,20-21,37H2,1-6H3,(H,39,41)/t29-,30+,31-/m1/s1. The molecule has 2 rings (SSSR count). The minimum Gasteiger partial charge on any atom is -0.456 e. The van der Waals surface area contributed by atoms with Crippen molar-refractivity contribution in [3.63, 3.8) is 0 Å². The molecular formula is C34H50F2N4O4S. The maximum atomic E-state index is 13.9. The fourth-order valence-electron chi connectivity index (χ4n) is 4.93. The van der Waals surface area contributed by atoms with Crippen molar-refractivity contribution in [1.82, 2.24) is 15.5 Å². The number of aryl methyl sites for hydroxylation is 1. The predicted molar refractivity (Wildman–Crippen MR) is 178 cm³/mol. The quantitative estimate of drug-likeness (QED) is 0.181. The number of carbonyl (C=O) groups is 3. The van der Waals surface area contributed by atoms with Crippen LogP contribution in [0.15, 0.2) is 36.4 Å². The molecule has 45 heavy (non-hydrogen) atoms. The average Bonchev–Trinajstić information content (AvgIpc) is 2.97. The summed E-state index contributed by atoms with van der Waals surface area (Å²) in [5.74, 6) is -1.51. The van der Waals surface area contributed by atoms with Crippen molar-refractivity contribution in [1.29, 1.82) is 0 Å². The first-order valence-electron chi connectivity index (χ1n) is 15.7. The molecule has 2 aromatic carbocycles. The summed E-state index contributed by atoms with van der Waals surface area (Å²) in [7, 11) is 0. The van der Waals surface area contributed by atoms with Crippen molar-refractivity contribution < 1.29 is 27.9 Å². The zero-order valence-corrected chi connectivity index (χ0v) is 28.3. The lowest BCUT2D eigenvalue weighted by Gasteiger charge is -2.27. The van der Waals surface area contributed by atoms with Gasteiger partial charge in [-0.15, -0.1) is 0 Å². The molecule has 250 valence electrons. The molecule has 2 aromatic rings. The number of nitrogens with two attached hydrogens (primary N) is 1. The molecule has 0 bridgehead atoms. The van der Waals surface area contributed by atoms with E-state index in [2.05, 4.69) is 10.6 Å². The zero-order chi connectivity index (χ0) is 33.5. The Kier molecular flexibility index (Phi) is 16.5. The van der Waals surface area contributed by atoms with Gasteiger partial charge in [0.25, 0.3) is 5.91 Å². The topological polar surface area (TPSA) is 114 Å². The first kappa shape index (κ1) is 38.2. The van der Waals surface area contributed by atoms with Gasteiger partial charge in [-0.25, -0.2) is 13.6 Å². The number of thioether (sulfide) groups is 1. The first-order chi connectivity index (χ1) is 21.4. The molecule has 0 spiro atoms.